The standard InChI is InChI=1S/C32H38FN3O6S/c1-5-28(32(38)34-19-22(2)3)35(20-24-8-6-7-23(4)17-24)31(37)21-36(26-11-9-25(33)10-12-26)43(39,40)27-13-14-29-30(18-27)42-16-15-41-29/h6-14,17-18,22,28H,5,15-16,19-21H2,1-4H3,(H,34,38)/t28-/m1/s1. The van der Waals surface area contributed by atoms with Crippen LogP contribution in [-0.4, -0.2) is 57.5 Å². The summed E-state index contributed by atoms with van der Waals surface area (Å²) in [6, 6.07) is 15.8. The highest BCUT2D eigenvalue weighted by molar-refractivity contribution is 7.92. The number of anilines is 1. The highest BCUT2D eigenvalue weighted by Crippen LogP contribution is 2.34. The number of halogens is 1. The molecule has 2 amide bonds. The Kier molecular flexibility index (Phi) is 10.3. The van der Waals surface area contributed by atoms with E-state index in [2.05, 4.69) is 5.32 Å². The molecule has 1 heterocycles. The molecule has 1 atom stereocenters. The third kappa shape index (κ3) is 7.84. The number of rotatable bonds is 12. The molecule has 0 radical (unpaired) electrons. The molecule has 0 fully saturated rings. The quantitative estimate of drug-likeness (QED) is 0.319. The van der Waals surface area contributed by atoms with Crippen molar-refractivity contribution in [2.75, 3.05) is 30.6 Å². The van der Waals surface area contributed by atoms with E-state index in [0.717, 1.165) is 27.6 Å². The van der Waals surface area contributed by atoms with Crippen LogP contribution in [0.15, 0.2) is 71.6 Å². The average Bonchev–Trinajstić information content (AvgIpc) is 2.98. The summed E-state index contributed by atoms with van der Waals surface area (Å²) in [6.45, 7) is 8.19. The summed E-state index contributed by atoms with van der Waals surface area (Å²) in [5.41, 5.74) is 1.88. The second-order valence-electron chi connectivity index (χ2n) is 10.9. The molecule has 0 aromatic heterocycles. The van der Waals surface area contributed by atoms with Gasteiger partial charge in [-0.3, -0.25) is 13.9 Å². The molecular weight excluding hydrogens is 573 g/mol. The monoisotopic (exact) mass is 611 g/mol. The number of ether oxygens (including phenoxy) is 2. The van der Waals surface area contributed by atoms with Gasteiger partial charge in [0.05, 0.1) is 10.6 Å². The van der Waals surface area contributed by atoms with Crippen molar-refractivity contribution < 1.29 is 31.9 Å². The summed E-state index contributed by atoms with van der Waals surface area (Å²) in [6.07, 6.45) is 0.312. The fourth-order valence-electron chi connectivity index (χ4n) is 4.80. The van der Waals surface area contributed by atoms with Gasteiger partial charge in [0.15, 0.2) is 11.5 Å². The molecule has 9 nitrogen and oxygen atoms in total. The van der Waals surface area contributed by atoms with Crippen LogP contribution in [0.3, 0.4) is 0 Å². The van der Waals surface area contributed by atoms with Gasteiger partial charge in [-0.25, -0.2) is 12.8 Å². The first kappa shape index (κ1) is 31.8. The molecule has 3 aromatic carbocycles. The van der Waals surface area contributed by atoms with E-state index >= 15 is 0 Å². The summed E-state index contributed by atoms with van der Waals surface area (Å²) in [4.78, 5) is 28.8. The maximum absolute atomic E-state index is 14.2. The molecule has 1 aliphatic rings. The topological polar surface area (TPSA) is 105 Å². The molecular formula is C32H38FN3O6S. The van der Waals surface area contributed by atoms with Crippen LogP contribution in [0.2, 0.25) is 0 Å². The lowest BCUT2D eigenvalue weighted by Gasteiger charge is -2.33. The van der Waals surface area contributed by atoms with Crippen molar-refractivity contribution in [1.82, 2.24) is 10.2 Å². The number of hydrogen-bond donors (Lipinski definition) is 1. The molecule has 4 rings (SSSR count). The van der Waals surface area contributed by atoms with E-state index in [0.29, 0.717) is 25.3 Å². The largest absolute Gasteiger partial charge is 0.486 e. The molecule has 0 aliphatic carbocycles. The molecule has 11 heteroatoms. The van der Waals surface area contributed by atoms with Crippen LogP contribution in [0.4, 0.5) is 10.1 Å². The van der Waals surface area contributed by atoms with Gasteiger partial charge in [-0.1, -0.05) is 50.6 Å². The second kappa shape index (κ2) is 13.9. The lowest BCUT2D eigenvalue weighted by molar-refractivity contribution is -0.140. The number of benzene rings is 3. The van der Waals surface area contributed by atoms with E-state index in [4.69, 9.17) is 9.47 Å². The first-order valence-electron chi connectivity index (χ1n) is 14.3. The van der Waals surface area contributed by atoms with Gasteiger partial charge in [-0.15, -0.1) is 0 Å². The Balaban J connectivity index is 1.73. The maximum Gasteiger partial charge on any atom is 0.264 e. The van der Waals surface area contributed by atoms with Gasteiger partial charge in [0.1, 0.15) is 31.6 Å². The molecule has 230 valence electrons. The maximum atomic E-state index is 14.2. The third-order valence-electron chi connectivity index (χ3n) is 7.00. The summed E-state index contributed by atoms with van der Waals surface area (Å²) in [5.74, 6) is -0.573. The van der Waals surface area contributed by atoms with Gasteiger partial charge in [0.2, 0.25) is 11.8 Å². The van der Waals surface area contributed by atoms with E-state index < -0.39 is 34.3 Å². The number of carbonyl (C=O) groups excluding carboxylic acids is 2. The van der Waals surface area contributed by atoms with E-state index in [1.165, 1.54) is 35.2 Å². The number of sulfonamides is 1. The van der Waals surface area contributed by atoms with Crippen LogP contribution < -0.4 is 19.1 Å². The lowest BCUT2D eigenvalue weighted by Crippen LogP contribution is -2.52. The molecule has 1 aliphatic heterocycles. The number of fused-ring (bicyclic) bond motifs is 1. The van der Waals surface area contributed by atoms with Crippen LogP contribution in [0.1, 0.15) is 38.3 Å². The van der Waals surface area contributed by atoms with Crippen LogP contribution in [0.25, 0.3) is 0 Å². The summed E-state index contributed by atoms with van der Waals surface area (Å²) >= 11 is 0. The Morgan fingerprint density at radius 1 is 0.977 bits per heavy atom. The van der Waals surface area contributed by atoms with Crippen LogP contribution in [0, 0.1) is 18.7 Å². The predicted octanol–water partition coefficient (Wildman–Crippen LogP) is 4.68. The minimum atomic E-state index is -4.36. The van der Waals surface area contributed by atoms with Gasteiger partial charge in [0, 0.05) is 19.2 Å². The van der Waals surface area contributed by atoms with Gasteiger partial charge in [-0.2, -0.15) is 0 Å². The van der Waals surface area contributed by atoms with Crippen LogP contribution in [0.5, 0.6) is 11.5 Å². The zero-order valence-corrected chi connectivity index (χ0v) is 25.7. The number of carbonyl (C=O) groups is 2. The molecule has 0 saturated carbocycles. The Morgan fingerprint density at radius 2 is 1.67 bits per heavy atom. The predicted molar refractivity (Wildman–Crippen MR) is 162 cm³/mol. The van der Waals surface area contributed by atoms with E-state index in [1.54, 1.807) is 6.92 Å². The Bertz CT molecular complexity index is 1540. The number of amides is 2. The normalized spacial score (nSPS) is 13.3. The van der Waals surface area contributed by atoms with Crippen molar-refractivity contribution in [3.8, 4) is 11.5 Å². The zero-order chi connectivity index (χ0) is 31.1. The van der Waals surface area contributed by atoms with Crippen molar-refractivity contribution in [1.29, 1.82) is 0 Å². The molecule has 3 aromatic rings. The molecule has 0 unspecified atom stereocenters. The zero-order valence-electron chi connectivity index (χ0n) is 24.9. The fourth-order valence-corrected chi connectivity index (χ4v) is 6.23. The average molecular weight is 612 g/mol. The van der Waals surface area contributed by atoms with Gasteiger partial charge in [0.25, 0.3) is 10.0 Å². The molecule has 43 heavy (non-hydrogen) atoms. The van der Waals surface area contributed by atoms with Gasteiger partial charge < -0.3 is 19.7 Å². The Labute approximate surface area is 252 Å². The molecule has 0 spiro atoms. The fraction of sp³-hybridized carbons (Fsp3) is 0.375. The van der Waals surface area contributed by atoms with Gasteiger partial charge in [-0.05, 0) is 61.2 Å². The van der Waals surface area contributed by atoms with E-state index in [9.17, 15) is 22.4 Å². The first-order valence-corrected chi connectivity index (χ1v) is 15.7. The summed E-state index contributed by atoms with van der Waals surface area (Å²) < 4.78 is 54.1. The first-order chi connectivity index (χ1) is 20.5. The number of nitrogens with one attached hydrogen (secondary N) is 1. The van der Waals surface area contributed by atoms with E-state index in [1.807, 2.05) is 45.0 Å². The number of aryl methyl sites for hydroxylation is 1. The van der Waals surface area contributed by atoms with Crippen molar-refractivity contribution in [2.45, 2.75) is 51.6 Å². The van der Waals surface area contributed by atoms with Crippen molar-refractivity contribution in [3.05, 3.63) is 83.7 Å². The Morgan fingerprint density at radius 3 is 2.33 bits per heavy atom. The highest BCUT2D eigenvalue weighted by Gasteiger charge is 2.34. The van der Waals surface area contributed by atoms with Crippen LogP contribution in [-0.2, 0) is 26.2 Å². The third-order valence-corrected chi connectivity index (χ3v) is 8.77. The number of hydrogen-bond acceptors (Lipinski definition) is 6. The summed E-state index contributed by atoms with van der Waals surface area (Å²) in [7, 11) is -4.36. The highest BCUT2D eigenvalue weighted by atomic mass is 32.2. The minimum absolute atomic E-state index is 0.0927. The SMILES string of the molecule is CC[C@H](C(=O)NCC(C)C)N(Cc1cccc(C)c1)C(=O)CN(c1ccc(F)cc1)S(=O)(=O)c1ccc2c(c1)OCCO2. The molecule has 0 saturated heterocycles. The van der Waals surface area contributed by atoms with Crippen molar-refractivity contribution in [2.24, 2.45) is 5.92 Å². The summed E-state index contributed by atoms with van der Waals surface area (Å²) in [5, 5.41) is 2.91. The molecule has 1 N–H and O–H groups in total. The smallest absolute Gasteiger partial charge is 0.264 e. The van der Waals surface area contributed by atoms with Crippen LogP contribution >= 0.6 is 0 Å². The van der Waals surface area contributed by atoms with Gasteiger partial charge >= 0.3 is 0 Å². The number of nitrogens with zero attached hydrogens (tertiary/aromatic N) is 2. The lowest BCUT2D eigenvalue weighted by atomic mass is 10.1. The van der Waals surface area contributed by atoms with Crippen molar-refractivity contribution in [3.63, 3.8) is 0 Å². The second-order valence-corrected chi connectivity index (χ2v) is 12.7. The van der Waals surface area contributed by atoms with Crippen molar-refractivity contribution >= 4 is 27.5 Å². The molecule has 0 bridgehead atoms. The van der Waals surface area contributed by atoms with E-state index in [-0.39, 0.29) is 41.3 Å². The minimum Gasteiger partial charge on any atom is -0.486 e. The Hall–Kier alpha value is -4.12.